The largest absolute Gasteiger partial charge is 0.373 e. The molecule has 0 spiro atoms. The van der Waals surface area contributed by atoms with Gasteiger partial charge in [0.15, 0.2) is 0 Å². The third kappa shape index (κ3) is 4.24. The molecule has 0 aliphatic carbocycles. The minimum Gasteiger partial charge on any atom is -0.373 e. The highest BCUT2D eigenvalue weighted by atomic mass is 35.5. The standard InChI is InChI=1S/C8H18N2O3S.ClH/c1-7-5-10(6-8(2)13-7)14(11,12)4-3-9;/h7-8H,3-6,9H2,1-2H3;1H. The normalized spacial score (nSPS) is 28.5. The summed E-state index contributed by atoms with van der Waals surface area (Å²) in [5.41, 5.74) is 5.25. The topological polar surface area (TPSA) is 72.6 Å². The molecule has 1 aliphatic heterocycles. The van der Waals surface area contributed by atoms with Crippen molar-refractivity contribution in [2.24, 2.45) is 5.73 Å². The zero-order chi connectivity index (χ0) is 10.8. The van der Waals surface area contributed by atoms with Gasteiger partial charge in [-0.3, -0.25) is 0 Å². The smallest absolute Gasteiger partial charge is 0.215 e. The van der Waals surface area contributed by atoms with Crippen LogP contribution in [0.2, 0.25) is 0 Å². The minimum atomic E-state index is -3.17. The first-order valence-corrected chi connectivity index (χ1v) is 6.40. The Hall–Kier alpha value is 0.120. The maximum Gasteiger partial charge on any atom is 0.215 e. The number of halogens is 1. The fraction of sp³-hybridized carbons (Fsp3) is 1.00. The van der Waals surface area contributed by atoms with Crippen LogP contribution in [-0.2, 0) is 14.8 Å². The first-order valence-electron chi connectivity index (χ1n) is 4.79. The lowest BCUT2D eigenvalue weighted by molar-refractivity contribution is -0.0440. The highest BCUT2D eigenvalue weighted by molar-refractivity contribution is 7.89. The van der Waals surface area contributed by atoms with E-state index in [0.29, 0.717) is 13.1 Å². The predicted octanol–water partition coefficient (Wildman–Crippen LogP) is -0.194. The van der Waals surface area contributed by atoms with Gasteiger partial charge >= 0.3 is 0 Å². The zero-order valence-electron chi connectivity index (χ0n) is 9.05. The summed E-state index contributed by atoms with van der Waals surface area (Å²) < 4.78 is 30.3. The van der Waals surface area contributed by atoms with Crippen molar-refractivity contribution in [3.63, 3.8) is 0 Å². The number of sulfonamides is 1. The van der Waals surface area contributed by atoms with Crippen LogP contribution in [0, 0.1) is 0 Å². The van der Waals surface area contributed by atoms with Crippen molar-refractivity contribution in [3.8, 4) is 0 Å². The van der Waals surface area contributed by atoms with Gasteiger partial charge in [0.25, 0.3) is 0 Å². The Morgan fingerprint density at radius 2 is 1.80 bits per heavy atom. The van der Waals surface area contributed by atoms with Gasteiger partial charge in [-0.1, -0.05) is 0 Å². The molecule has 2 N–H and O–H groups in total. The minimum absolute atomic E-state index is 0. The molecule has 2 unspecified atom stereocenters. The van der Waals surface area contributed by atoms with E-state index in [9.17, 15) is 8.42 Å². The van der Waals surface area contributed by atoms with E-state index < -0.39 is 10.0 Å². The monoisotopic (exact) mass is 258 g/mol. The number of rotatable bonds is 3. The van der Waals surface area contributed by atoms with Crippen molar-refractivity contribution in [2.75, 3.05) is 25.4 Å². The Morgan fingerprint density at radius 3 is 2.20 bits per heavy atom. The molecule has 2 atom stereocenters. The van der Waals surface area contributed by atoms with Crippen LogP contribution < -0.4 is 5.73 Å². The molecule has 92 valence electrons. The first kappa shape index (κ1) is 15.1. The van der Waals surface area contributed by atoms with Gasteiger partial charge in [0, 0.05) is 19.6 Å². The van der Waals surface area contributed by atoms with Crippen LogP contribution in [0.1, 0.15) is 13.8 Å². The maximum absolute atomic E-state index is 11.7. The summed E-state index contributed by atoms with van der Waals surface area (Å²) in [4.78, 5) is 0. The van der Waals surface area contributed by atoms with Gasteiger partial charge in [-0.15, -0.1) is 12.4 Å². The molecule has 15 heavy (non-hydrogen) atoms. The van der Waals surface area contributed by atoms with Crippen molar-refractivity contribution < 1.29 is 13.2 Å². The summed E-state index contributed by atoms with van der Waals surface area (Å²) in [7, 11) is -3.17. The molecule has 1 saturated heterocycles. The fourth-order valence-corrected chi connectivity index (χ4v) is 3.07. The number of nitrogens with two attached hydrogens (primary N) is 1. The van der Waals surface area contributed by atoms with Crippen LogP contribution in [0.25, 0.3) is 0 Å². The van der Waals surface area contributed by atoms with Crippen LogP contribution in [0.5, 0.6) is 0 Å². The molecule has 1 heterocycles. The third-order valence-electron chi connectivity index (χ3n) is 2.16. The molecular weight excluding hydrogens is 240 g/mol. The van der Waals surface area contributed by atoms with Gasteiger partial charge in [0.1, 0.15) is 0 Å². The van der Waals surface area contributed by atoms with Gasteiger partial charge in [0.2, 0.25) is 10.0 Å². The van der Waals surface area contributed by atoms with Gasteiger partial charge < -0.3 is 10.5 Å². The van der Waals surface area contributed by atoms with Gasteiger partial charge in [0.05, 0.1) is 18.0 Å². The van der Waals surface area contributed by atoms with Crippen molar-refractivity contribution in [1.29, 1.82) is 0 Å². The van der Waals surface area contributed by atoms with E-state index in [-0.39, 0.29) is 36.9 Å². The van der Waals surface area contributed by atoms with E-state index in [1.165, 1.54) is 4.31 Å². The quantitative estimate of drug-likeness (QED) is 0.761. The average Bonchev–Trinajstić information content (AvgIpc) is 2.02. The van der Waals surface area contributed by atoms with E-state index in [2.05, 4.69) is 0 Å². The van der Waals surface area contributed by atoms with Crippen LogP contribution >= 0.6 is 12.4 Å². The van der Waals surface area contributed by atoms with Crippen LogP contribution in [0.3, 0.4) is 0 Å². The SMILES string of the molecule is CC1CN(S(=O)(=O)CCN)CC(C)O1.Cl. The van der Waals surface area contributed by atoms with Gasteiger partial charge in [-0.25, -0.2) is 8.42 Å². The zero-order valence-corrected chi connectivity index (χ0v) is 10.7. The van der Waals surface area contributed by atoms with Crippen LogP contribution in [0.15, 0.2) is 0 Å². The number of hydrogen-bond donors (Lipinski definition) is 1. The molecule has 0 saturated carbocycles. The lowest BCUT2D eigenvalue weighted by atomic mass is 10.3. The molecule has 0 bridgehead atoms. The van der Waals surface area contributed by atoms with Crippen molar-refractivity contribution in [3.05, 3.63) is 0 Å². The van der Waals surface area contributed by atoms with E-state index in [0.717, 1.165) is 0 Å². The van der Waals surface area contributed by atoms with Crippen molar-refractivity contribution in [2.45, 2.75) is 26.1 Å². The third-order valence-corrected chi connectivity index (χ3v) is 3.99. The second kappa shape index (κ2) is 6.00. The second-order valence-corrected chi connectivity index (χ2v) is 5.77. The summed E-state index contributed by atoms with van der Waals surface area (Å²) in [6.45, 7) is 4.79. The molecule has 1 fully saturated rings. The van der Waals surface area contributed by atoms with Crippen molar-refractivity contribution >= 4 is 22.4 Å². The molecular formula is C8H19ClN2O3S. The summed E-state index contributed by atoms with van der Waals surface area (Å²) in [5.74, 6) is 0.0203. The predicted molar refractivity (Wildman–Crippen MR) is 61.7 cm³/mol. The number of morpholine rings is 1. The molecule has 0 amide bonds. The highest BCUT2D eigenvalue weighted by Gasteiger charge is 2.30. The Kier molecular flexibility index (Phi) is 6.05. The van der Waals surface area contributed by atoms with E-state index in [1.807, 2.05) is 13.8 Å². The first-order chi connectivity index (χ1) is 6.45. The molecule has 0 radical (unpaired) electrons. The average molecular weight is 259 g/mol. The molecule has 0 aromatic rings. The van der Waals surface area contributed by atoms with E-state index in [4.69, 9.17) is 10.5 Å². The molecule has 7 heteroatoms. The van der Waals surface area contributed by atoms with Gasteiger partial charge in [-0.05, 0) is 13.8 Å². The van der Waals surface area contributed by atoms with Crippen LogP contribution in [0.4, 0.5) is 0 Å². The Balaban J connectivity index is 0.00000196. The molecule has 5 nitrogen and oxygen atoms in total. The molecule has 0 aromatic carbocycles. The summed E-state index contributed by atoms with van der Waals surface area (Å²) in [5, 5.41) is 0. The fourth-order valence-electron chi connectivity index (χ4n) is 1.64. The highest BCUT2D eigenvalue weighted by Crippen LogP contribution is 2.14. The Morgan fingerprint density at radius 1 is 1.33 bits per heavy atom. The maximum atomic E-state index is 11.7. The lowest BCUT2D eigenvalue weighted by Gasteiger charge is -2.34. The Labute approximate surface area is 97.4 Å². The van der Waals surface area contributed by atoms with E-state index in [1.54, 1.807) is 0 Å². The summed E-state index contributed by atoms with van der Waals surface area (Å²) in [6, 6.07) is 0. The van der Waals surface area contributed by atoms with Gasteiger partial charge in [-0.2, -0.15) is 4.31 Å². The molecule has 1 aliphatic rings. The van der Waals surface area contributed by atoms with E-state index >= 15 is 0 Å². The van der Waals surface area contributed by atoms with Crippen LogP contribution in [-0.4, -0.2) is 50.3 Å². The summed E-state index contributed by atoms with van der Waals surface area (Å²) in [6.07, 6.45) is -0.0717. The molecule has 0 aromatic heterocycles. The van der Waals surface area contributed by atoms with Crippen molar-refractivity contribution in [1.82, 2.24) is 4.31 Å². The summed E-state index contributed by atoms with van der Waals surface area (Å²) >= 11 is 0. The molecule has 1 rings (SSSR count). The Bertz CT molecular complexity index is 274. The second-order valence-electron chi connectivity index (χ2n) is 3.68. The number of ether oxygens (including phenoxy) is 1. The lowest BCUT2D eigenvalue weighted by Crippen LogP contribution is -2.49. The number of nitrogens with zero attached hydrogens (tertiary/aromatic N) is 1. The number of hydrogen-bond acceptors (Lipinski definition) is 4.